The largest absolute Gasteiger partial charge is 0.324 e. The Morgan fingerprint density at radius 1 is 1.15 bits per heavy atom. The summed E-state index contributed by atoms with van der Waals surface area (Å²) in [5, 5.41) is 3.86. The van der Waals surface area contributed by atoms with E-state index in [-0.39, 0.29) is 6.04 Å². The van der Waals surface area contributed by atoms with Crippen LogP contribution in [0, 0.1) is 0 Å². The molecule has 0 saturated carbocycles. The van der Waals surface area contributed by atoms with Gasteiger partial charge >= 0.3 is 0 Å². The Hall–Kier alpha value is -0.900. The second-order valence-electron chi connectivity index (χ2n) is 6.59. The Labute approximate surface area is 122 Å². The molecule has 0 bridgehead atoms. The van der Waals surface area contributed by atoms with Gasteiger partial charge in [0.25, 0.3) is 0 Å². The molecule has 1 aliphatic carbocycles. The molecule has 0 amide bonds. The Kier molecular flexibility index (Phi) is 4.11. The highest BCUT2D eigenvalue weighted by molar-refractivity contribution is 5.37. The minimum Gasteiger partial charge on any atom is -0.324 e. The van der Waals surface area contributed by atoms with Crippen LogP contribution in [0.4, 0.5) is 0 Å². The molecule has 2 aliphatic rings. The normalized spacial score (nSPS) is 28.0. The smallest absolute Gasteiger partial charge is 0.0344 e. The number of hydrogen-bond donors (Lipinski definition) is 2. The molecule has 1 saturated heterocycles. The van der Waals surface area contributed by atoms with E-state index in [2.05, 4.69) is 48.3 Å². The summed E-state index contributed by atoms with van der Waals surface area (Å²) in [6.45, 7) is 7.02. The number of benzene rings is 1. The molecule has 3 heteroatoms. The minimum absolute atomic E-state index is 0.208. The van der Waals surface area contributed by atoms with Crippen molar-refractivity contribution in [1.82, 2.24) is 10.2 Å². The monoisotopic (exact) mass is 273 g/mol. The summed E-state index contributed by atoms with van der Waals surface area (Å²) in [5.74, 6) is 0. The number of nitrogens with two attached hydrogens (primary N) is 1. The van der Waals surface area contributed by atoms with E-state index in [4.69, 9.17) is 5.73 Å². The topological polar surface area (TPSA) is 41.3 Å². The third-order valence-corrected chi connectivity index (χ3v) is 4.96. The molecular weight excluding hydrogens is 246 g/mol. The summed E-state index contributed by atoms with van der Waals surface area (Å²) in [6.07, 6.45) is 3.56. The summed E-state index contributed by atoms with van der Waals surface area (Å²) in [6, 6.07) is 10.6. The molecule has 0 spiro atoms. The highest BCUT2D eigenvalue weighted by Crippen LogP contribution is 2.37. The molecule has 0 aromatic heterocycles. The van der Waals surface area contributed by atoms with E-state index in [0.29, 0.717) is 18.1 Å². The van der Waals surface area contributed by atoms with Gasteiger partial charge in [0.05, 0.1) is 0 Å². The van der Waals surface area contributed by atoms with E-state index >= 15 is 0 Å². The number of nitrogens with zero attached hydrogens (tertiary/aromatic N) is 1. The Balaban J connectivity index is 1.60. The molecule has 1 aliphatic heterocycles. The lowest BCUT2D eigenvalue weighted by Crippen LogP contribution is -2.45. The number of nitrogens with one attached hydrogen (secondary N) is 1. The van der Waals surface area contributed by atoms with Crippen LogP contribution in [-0.2, 0) is 0 Å². The van der Waals surface area contributed by atoms with Crippen molar-refractivity contribution in [2.75, 3.05) is 13.1 Å². The van der Waals surface area contributed by atoms with Gasteiger partial charge in [0.2, 0.25) is 0 Å². The maximum absolute atomic E-state index is 6.26. The van der Waals surface area contributed by atoms with Gasteiger partial charge in [-0.1, -0.05) is 24.3 Å². The first-order chi connectivity index (χ1) is 9.65. The lowest BCUT2D eigenvalue weighted by Gasteiger charge is -2.36. The molecule has 2 unspecified atom stereocenters. The van der Waals surface area contributed by atoms with Crippen LogP contribution in [0.15, 0.2) is 24.3 Å². The second kappa shape index (κ2) is 5.84. The van der Waals surface area contributed by atoms with Crippen LogP contribution < -0.4 is 11.1 Å². The van der Waals surface area contributed by atoms with Crippen LogP contribution in [0.5, 0.6) is 0 Å². The first-order valence-electron chi connectivity index (χ1n) is 7.99. The molecule has 3 nitrogen and oxygen atoms in total. The number of rotatable bonds is 3. The highest BCUT2D eigenvalue weighted by atomic mass is 15.2. The average Bonchev–Trinajstić information content (AvgIpc) is 2.77. The summed E-state index contributed by atoms with van der Waals surface area (Å²) < 4.78 is 0. The number of piperidine rings is 1. The lowest BCUT2D eigenvalue weighted by molar-refractivity contribution is 0.156. The first-order valence-corrected chi connectivity index (χ1v) is 7.99. The predicted molar refractivity (Wildman–Crippen MR) is 83.6 cm³/mol. The highest BCUT2D eigenvalue weighted by Gasteiger charge is 2.30. The molecule has 3 rings (SSSR count). The van der Waals surface area contributed by atoms with Gasteiger partial charge in [0.15, 0.2) is 0 Å². The van der Waals surface area contributed by atoms with Gasteiger partial charge in [-0.15, -0.1) is 0 Å². The van der Waals surface area contributed by atoms with E-state index in [0.717, 1.165) is 6.42 Å². The Morgan fingerprint density at radius 3 is 2.45 bits per heavy atom. The van der Waals surface area contributed by atoms with Crippen LogP contribution >= 0.6 is 0 Å². The van der Waals surface area contributed by atoms with Gasteiger partial charge in [-0.2, -0.15) is 0 Å². The van der Waals surface area contributed by atoms with Crippen molar-refractivity contribution >= 4 is 0 Å². The van der Waals surface area contributed by atoms with Crippen LogP contribution in [0.25, 0.3) is 0 Å². The molecule has 20 heavy (non-hydrogen) atoms. The van der Waals surface area contributed by atoms with Gasteiger partial charge in [-0.25, -0.2) is 0 Å². The molecular formula is C17H27N3. The summed E-state index contributed by atoms with van der Waals surface area (Å²) in [5.41, 5.74) is 9.02. The van der Waals surface area contributed by atoms with Crippen molar-refractivity contribution < 1.29 is 0 Å². The van der Waals surface area contributed by atoms with Crippen molar-refractivity contribution in [1.29, 1.82) is 0 Å². The van der Waals surface area contributed by atoms with Crippen molar-refractivity contribution in [3.05, 3.63) is 35.4 Å². The fraction of sp³-hybridized carbons (Fsp3) is 0.647. The van der Waals surface area contributed by atoms with Gasteiger partial charge < -0.3 is 16.0 Å². The standard InChI is InChI=1S/C17H27N3/c1-12(2)20-9-7-13(8-10-20)19-17-11-16(18)14-5-3-4-6-15(14)17/h3-6,12-13,16-17,19H,7-11,18H2,1-2H3. The SMILES string of the molecule is CC(C)N1CCC(NC2CC(N)c3ccccc32)CC1. The number of hydrogen-bond acceptors (Lipinski definition) is 3. The van der Waals surface area contributed by atoms with Crippen molar-refractivity contribution in [2.45, 2.75) is 57.3 Å². The molecule has 2 atom stereocenters. The zero-order chi connectivity index (χ0) is 14.1. The molecule has 1 aromatic rings. The molecule has 3 N–H and O–H groups in total. The fourth-order valence-corrected chi connectivity index (χ4v) is 3.70. The van der Waals surface area contributed by atoms with Crippen molar-refractivity contribution in [3.63, 3.8) is 0 Å². The number of likely N-dealkylation sites (tertiary alicyclic amines) is 1. The Morgan fingerprint density at radius 2 is 1.80 bits per heavy atom. The van der Waals surface area contributed by atoms with E-state index in [1.54, 1.807) is 0 Å². The van der Waals surface area contributed by atoms with Crippen LogP contribution in [0.2, 0.25) is 0 Å². The molecule has 110 valence electrons. The quantitative estimate of drug-likeness (QED) is 0.889. The van der Waals surface area contributed by atoms with E-state index in [1.807, 2.05) is 0 Å². The van der Waals surface area contributed by atoms with Gasteiger partial charge in [0.1, 0.15) is 0 Å². The van der Waals surface area contributed by atoms with E-state index < -0.39 is 0 Å². The minimum atomic E-state index is 0.208. The zero-order valence-corrected chi connectivity index (χ0v) is 12.7. The van der Waals surface area contributed by atoms with E-state index in [9.17, 15) is 0 Å². The van der Waals surface area contributed by atoms with Crippen LogP contribution in [0.3, 0.4) is 0 Å². The maximum atomic E-state index is 6.26. The fourth-order valence-electron chi connectivity index (χ4n) is 3.70. The average molecular weight is 273 g/mol. The van der Waals surface area contributed by atoms with Crippen molar-refractivity contribution in [2.24, 2.45) is 5.73 Å². The van der Waals surface area contributed by atoms with Gasteiger partial charge in [-0.05, 0) is 57.3 Å². The lowest BCUT2D eigenvalue weighted by atomic mass is 10.0. The maximum Gasteiger partial charge on any atom is 0.0344 e. The van der Waals surface area contributed by atoms with Crippen LogP contribution in [0.1, 0.15) is 56.3 Å². The second-order valence-corrected chi connectivity index (χ2v) is 6.59. The van der Waals surface area contributed by atoms with Gasteiger partial charge in [0, 0.05) is 24.2 Å². The Bertz CT molecular complexity index is 449. The molecule has 1 aromatic carbocycles. The van der Waals surface area contributed by atoms with Gasteiger partial charge in [-0.3, -0.25) is 0 Å². The number of fused-ring (bicyclic) bond motifs is 1. The van der Waals surface area contributed by atoms with E-state index in [1.165, 1.54) is 37.1 Å². The predicted octanol–water partition coefficient (Wildman–Crippen LogP) is 2.59. The van der Waals surface area contributed by atoms with Crippen LogP contribution in [-0.4, -0.2) is 30.1 Å². The third kappa shape index (κ3) is 2.76. The zero-order valence-electron chi connectivity index (χ0n) is 12.7. The molecule has 1 heterocycles. The summed E-state index contributed by atoms with van der Waals surface area (Å²) in [7, 11) is 0. The molecule has 0 radical (unpaired) electrons. The molecule has 1 fully saturated rings. The summed E-state index contributed by atoms with van der Waals surface area (Å²) >= 11 is 0. The third-order valence-electron chi connectivity index (χ3n) is 4.96. The van der Waals surface area contributed by atoms with Crippen molar-refractivity contribution in [3.8, 4) is 0 Å². The summed E-state index contributed by atoms with van der Waals surface area (Å²) in [4.78, 5) is 2.58. The first kappa shape index (κ1) is 14.1.